The number of nitrogens with zero attached hydrogens (tertiary/aromatic N) is 2. The zero-order chi connectivity index (χ0) is 23.4. The maximum Gasteiger partial charge on any atom is 0.335 e. The molecular formula is C26H18N2O5. The Morgan fingerprint density at radius 3 is 1.27 bits per heavy atom. The third kappa shape index (κ3) is 4.94. The lowest BCUT2D eigenvalue weighted by Gasteiger charge is -2.05. The zero-order valence-electron chi connectivity index (χ0n) is 17.3. The molecule has 0 unspecified atom stereocenters. The van der Waals surface area contributed by atoms with E-state index in [0.717, 1.165) is 22.3 Å². The lowest BCUT2D eigenvalue weighted by atomic mass is 10.0. The van der Waals surface area contributed by atoms with Gasteiger partial charge in [0.25, 0.3) is 0 Å². The van der Waals surface area contributed by atoms with Gasteiger partial charge in [-0.25, -0.2) is 9.59 Å². The smallest absolute Gasteiger partial charge is 0.335 e. The van der Waals surface area contributed by atoms with Crippen molar-refractivity contribution in [3.8, 4) is 22.3 Å². The molecular weight excluding hydrogens is 420 g/mol. The SMILES string of the molecule is O=C(O)c1ccc(-c2ccc(N=[N+]([O-])c3ccc(-c4ccc(C(=O)O)cc4)cc3)cc2)cc1. The van der Waals surface area contributed by atoms with E-state index in [1.807, 2.05) is 12.1 Å². The standard InChI is InChI=1S/C26H18N2O5/c29-25(30)21-5-1-17(2-6-21)19-9-13-23(14-10-19)27-28(33)24-15-11-20(12-16-24)18-3-7-22(8-4-18)26(31)32/h1-16H,(H,29,30)(H,31,32). The van der Waals surface area contributed by atoms with Gasteiger partial charge in [0.1, 0.15) is 5.69 Å². The highest BCUT2D eigenvalue weighted by molar-refractivity contribution is 5.89. The quantitative estimate of drug-likeness (QED) is 0.207. The Labute approximate surface area is 189 Å². The van der Waals surface area contributed by atoms with E-state index in [9.17, 15) is 14.8 Å². The summed E-state index contributed by atoms with van der Waals surface area (Å²) in [6.45, 7) is 0. The Morgan fingerprint density at radius 1 is 0.576 bits per heavy atom. The predicted octanol–water partition coefficient (Wildman–Crippen LogP) is 6.34. The molecule has 162 valence electrons. The van der Waals surface area contributed by atoms with Gasteiger partial charge >= 0.3 is 11.9 Å². The molecule has 0 fully saturated rings. The molecule has 0 saturated carbocycles. The summed E-state index contributed by atoms with van der Waals surface area (Å²) < 4.78 is 0. The summed E-state index contributed by atoms with van der Waals surface area (Å²) in [6, 6.07) is 26.9. The number of carbonyl (C=O) groups is 2. The van der Waals surface area contributed by atoms with Crippen molar-refractivity contribution in [2.24, 2.45) is 5.11 Å². The van der Waals surface area contributed by atoms with Gasteiger partial charge in [-0.05, 0) is 70.8 Å². The van der Waals surface area contributed by atoms with E-state index in [0.29, 0.717) is 16.2 Å². The van der Waals surface area contributed by atoms with Gasteiger partial charge < -0.3 is 15.4 Å². The van der Waals surface area contributed by atoms with Crippen LogP contribution < -0.4 is 0 Å². The highest BCUT2D eigenvalue weighted by Crippen LogP contribution is 2.26. The molecule has 0 bridgehead atoms. The van der Waals surface area contributed by atoms with Crippen molar-refractivity contribution < 1.29 is 24.7 Å². The minimum atomic E-state index is -0.982. The molecule has 0 saturated heterocycles. The number of carboxylic acid groups (broad SMARTS) is 2. The fourth-order valence-electron chi connectivity index (χ4n) is 3.28. The molecule has 0 heterocycles. The average molecular weight is 438 g/mol. The topological polar surface area (TPSA) is 113 Å². The first-order valence-electron chi connectivity index (χ1n) is 9.97. The normalized spacial score (nSPS) is 11.2. The zero-order valence-corrected chi connectivity index (χ0v) is 17.3. The van der Waals surface area contributed by atoms with Crippen LogP contribution in [-0.4, -0.2) is 27.0 Å². The molecule has 2 N–H and O–H groups in total. The van der Waals surface area contributed by atoms with Crippen LogP contribution in [0.4, 0.5) is 11.4 Å². The molecule has 4 aromatic carbocycles. The van der Waals surface area contributed by atoms with Crippen LogP contribution in [0.2, 0.25) is 0 Å². The van der Waals surface area contributed by atoms with Gasteiger partial charge in [0.05, 0.1) is 11.1 Å². The van der Waals surface area contributed by atoms with Gasteiger partial charge in [-0.15, -0.1) is 0 Å². The summed E-state index contributed by atoms with van der Waals surface area (Å²) in [6.07, 6.45) is 0. The molecule has 7 heteroatoms. The molecule has 33 heavy (non-hydrogen) atoms. The predicted molar refractivity (Wildman–Crippen MR) is 123 cm³/mol. The second-order valence-electron chi connectivity index (χ2n) is 7.23. The molecule has 0 spiro atoms. The van der Waals surface area contributed by atoms with Gasteiger partial charge in [-0.1, -0.05) is 41.3 Å². The van der Waals surface area contributed by atoms with E-state index in [1.165, 1.54) is 12.1 Å². The van der Waals surface area contributed by atoms with Gasteiger partial charge in [0, 0.05) is 17.2 Å². The number of hydrogen-bond donors (Lipinski definition) is 2. The Morgan fingerprint density at radius 2 is 0.909 bits per heavy atom. The van der Waals surface area contributed by atoms with Gasteiger partial charge in [0.15, 0.2) is 0 Å². The summed E-state index contributed by atoms with van der Waals surface area (Å²) in [5, 5.41) is 34.5. The molecule has 0 aliphatic carbocycles. The minimum absolute atomic E-state index is 0.211. The van der Waals surface area contributed by atoms with Crippen molar-refractivity contribution in [2.45, 2.75) is 0 Å². The van der Waals surface area contributed by atoms with E-state index in [-0.39, 0.29) is 11.1 Å². The van der Waals surface area contributed by atoms with Crippen LogP contribution in [0.3, 0.4) is 0 Å². The molecule has 0 atom stereocenters. The Kier molecular flexibility index (Phi) is 5.95. The van der Waals surface area contributed by atoms with Crippen LogP contribution in [0.15, 0.2) is 102 Å². The van der Waals surface area contributed by atoms with Crippen LogP contribution in [0, 0.1) is 5.21 Å². The first-order chi connectivity index (χ1) is 15.9. The monoisotopic (exact) mass is 438 g/mol. The van der Waals surface area contributed by atoms with Crippen molar-refractivity contribution in [1.82, 2.24) is 0 Å². The van der Waals surface area contributed by atoms with Crippen LogP contribution >= 0.6 is 0 Å². The van der Waals surface area contributed by atoms with E-state index in [4.69, 9.17) is 10.2 Å². The van der Waals surface area contributed by atoms with E-state index in [1.54, 1.807) is 72.8 Å². The summed E-state index contributed by atoms with van der Waals surface area (Å²) in [7, 11) is 0. The molecule has 0 aliphatic rings. The van der Waals surface area contributed by atoms with E-state index >= 15 is 0 Å². The maximum absolute atomic E-state index is 12.5. The molecule has 0 aromatic heterocycles. The van der Waals surface area contributed by atoms with E-state index in [2.05, 4.69) is 5.11 Å². The highest BCUT2D eigenvalue weighted by Gasteiger charge is 2.08. The highest BCUT2D eigenvalue weighted by atomic mass is 16.5. The Hall–Kier alpha value is -4.78. The Balaban J connectivity index is 1.48. The summed E-state index contributed by atoms with van der Waals surface area (Å²) in [5.74, 6) is -1.96. The third-order valence-corrected chi connectivity index (χ3v) is 5.09. The lowest BCUT2D eigenvalue weighted by Crippen LogP contribution is -1.95. The Bertz CT molecular complexity index is 1330. The van der Waals surface area contributed by atoms with Crippen molar-refractivity contribution in [1.29, 1.82) is 0 Å². The molecule has 4 aromatic rings. The number of rotatable bonds is 6. The number of azo groups is 1. The fraction of sp³-hybridized carbons (Fsp3) is 0. The molecule has 0 radical (unpaired) electrons. The van der Waals surface area contributed by atoms with Crippen LogP contribution in [0.5, 0.6) is 0 Å². The van der Waals surface area contributed by atoms with E-state index < -0.39 is 11.9 Å². The second kappa shape index (κ2) is 9.15. The van der Waals surface area contributed by atoms with Gasteiger partial charge in [-0.2, -0.15) is 0 Å². The van der Waals surface area contributed by atoms with Crippen molar-refractivity contribution >= 4 is 23.3 Å². The summed E-state index contributed by atoms with van der Waals surface area (Å²) in [5.41, 5.74) is 4.69. The summed E-state index contributed by atoms with van der Waals surface area (Å²) >= 11 is 0. The molecule has 7 nitrogen and oxygen atoms in total. The second-order valence-corrected chi connectivity index (χ2v) is 7.23. The first kappa shape index (κ1) is 21.5. The van der Waals surface area contributed by atoms with Crippen LogP contribution in [0.1, 0.15) is 20.7 Å². The average Bonchev–Trinajstić information content (AvgIpc) is 2.85. The van der Waals surface area contributed by atoms with Crippen LogP contribution in [-0.2, 0) is 0 Å². The third-order valence-electron chi connectivity index (χ3n) is 5.09. The fourth-order valence-corrected chi connectivity index (χ4v) is 3.28. The molecule has 4 rings (SSSR count). The number of benzene rings is 4. The number of carboxylic acids is 2. The van der Waals surface area contributed by atoms with Crippen molar-refractivity contribution in [3.63, 3.8) is 0 Å². The largest absolute Gasteiger partial charge is 0.594 e. The van der Waals surface area contributed by atoms with Crippen LogP contribution in [0.25, 0.3) is 22.3 Å². The number of hydrogen-bond acceptors (Lipinski definition) is 4. The van der Waals surface area contributed by atoms with Crippen molar-refractivity contribution in [3.05, 3.63) is 113 Å². The van der Waals surface area contributed by atoms with Gasteiger partial charge in [0.2, 0.25) is 5.69 Å². The maximum atomic E-state index is 12.5. The lowest BCUT2D eigenvalue weighted by molar-refractivity contribution is -0.435. The first-order valence-corrected chi connectivity index (χ1v) is 9.97. The summed E-state index contributed by atoms with van der Waals surface area (Å²) in [4.78, 5) is 22.5. The minimum Gasteiger partial charge on any atom is -0.594 e. The van der Waals surface area contributed by atoms with Crippen molar-refractivity contribution in [2.75, 3.05) is 0 Å². The molecule has 0 amide bonds. The molecule has 0 aliphatic heterocycles. The number of aromatic carboxylic acids is 2. The van der Waals surface area contributed by atoms with Gasteiger partial charge in [-0.3, -0.25) is 0 Å².